The van der Waals surface area contributed by atoms with Crippen molar-refractivity contribution >= 4 is 5.91 Å². The van der Waals surface area contributed by atoms with Crippen molar-refractivity contribution in [2.24, 2.45) is 23.0 Å². The van der Waals surface area contributed by atoms with Crippen molar-refractivity contribution in [1.82, 2.24) is 9.80 Å². The summed E-state index contributed by atoms with van der Waals surface area (Å²) in [6.07, 6.45) is 7.12. The molecule has 21 heavy (non-hydrogen) atoms. The predicted molar refractivity (Wildman–Crippen MR) is 84.9 cm³/mol. The maximum absolute atomic E-state index is 13.0. The lowest BCUT2D eigenvalue weighted by Crippen LogP contribution is -2.55. The van der Waals surface area contributed by atoms with E-state index in [4.69, 9.17) is 5.73 Å². The number of hydrogen-bond acceptors (Lipinski definition) is 3. The zero-order valence-corrected chi connectivity index (χ0v) is 13.5. The lowest BCUT2D eigenvalue weighted by molar-refractivity contribution is -0.146. The van der Waals surface area contributed by atoms with E-state index in [1.165, 1.54) is 19.4 Å². The standard InChI is InChI=1S/C17H31N3O/c1-14-4-6-17(13-18,7-5-14)16(21)20-10-8-19(9-11-20)12-15-2-3-15/h14-15H,2-13,18H2,1H3. The Kier molecular flexibility index (Phi) is 4.55. The minimum absolute atomic E-state index is 0.245. The maximum atomic E-state index is 13.0. The summed E-state index contributed by atoms with van der Waals surface area (Å²) >= 11 is 0. The van der Waals surface area contributed by atoms with E-state index in [1.807, 2.05) is 0 Å². The van der Waals surface area contributed by atoms with Crippen molar-refractivity contribution < 1.29 is 4.79 Å². The van der Waals surface area contributed by atoms with Gasteiger partial charge in [0.25, 0.3) is 0 Å². The highest BCUT2D eigenvalue weighted by Crippen LogP contribution is 2.40. The van der Waals surface area contributed by atoms with Crippen molar-refractivity contribution in [2.75, 3.05) is 39.3 Å². The van der Waals surface area contributed by atoms with Gasteiger partial charge >= 0.3 is 0 Å². The fourth-order valence-corrected chi connectivity index (χ4v) is 3.95. The molecule has 2 N–H and O–H groups in total. The molecule has 120 valence electrons. The molecular weight excluding hydrogens is 262 g/mol. The molecule has 0 bridgehead atoms. The average molecular weight is 293 g/mol. The van der Waals surface area contributed by atoms with Crippen molar-refractivity contribution in [3.05, 3.63) is 0 Å². The lowest BCUT2D eigenvalue weighted by Gasteiger charge is -2.43. The third kappa shape index (κ3) is 3.42. The van der Waals surface area contributed by atoms with Gasteiger partial charge in [-0.15, -0.1) is 0 Å². The number of piperazine rings is 1. The second-order valence-electron chi connectivity index (χ2n) is 7.70. The first-order valence-electron chi connectivity index (χ1n) is 8.85. The van der Waals surface area contributed by atoms with E-state index in [-0.39, 0.29) is 5.41 Å². The normalized spacial score (nSPS) is 35.0. The highest BCUT2D eigenvalue weighted by molar-refractivity contribution is 5.83. The third-order valence-electron chi connectivity index (χ3n) is 5.95. The molecule has 0 radical (unpaired) electrons. The van der Waals surface area contributed by atoms with Gasteiger partial charge in [-0.1, -0.05) is 6.92 Å². The molecule has 2 aliphatic carbocycles. The molecule has 0 unspecified atom stereocenters. The Labute approximate surface area is 129 Å². The summed E-state index contributed by atoms with van der Waals surface area (Å²) in [5.74, 6) is 2.05. The van der Waals surface area contributed by atoms with E-state index in [0.717, 1.165) is 63.7 Å². The molecule has 0 aromatic carbocycles. The average Bonchev–Trinajstić information content (AvgIpc) is 3.33. The number of carbonyl (C=O) groups excluding carboxylic acids is 1. The summed E-state index contributed by atoms with van der Waals surface area (Å²) in [5.41, 5.74) is 5.79. The van der Waals surface area contributed by atoms with E-state index in [2.05, 4.69) is 16.7 Å². The van der Waals surface area contributed by atoms with Gasteiger partial charge < -0.3 is 10.6 Å². The minimum Gasteiger partial charge on any atom is -0.340 e. The molecule has 1 aliphatic heterocycles. The summed E-state index contributed by atoms with van der Waals surface area (Å²) in [6.45, 7) is 7.99. The van der Waals surface area contributed by atoms with Crippen molar-refractivity contribution in [1.29, 1.82) is 0 Å². The predicted octanol–water partition coefficient (Wildman–Crippen LogP) is 1.70. The first-order valence-corrected chi connectivity index (χ1v) is 8.85. The van der Waals surface area contributed by atoms with Crippen LogP contribution in [-0.2, 0) is 4.79 Å². The van der Waals surface area contributed by atoms with Crippen LogP contribution >= 0.6 is 0 Å². The molecule has 3 rings (SSSR count). The molecule has 4 nitrogen and oxygen atoms in total. The SMILES string of the molecule is CC1CCC(CN)(C(=O)N2CCN(CC3CC3)CC2)CC1. The van der Waals surface area contributed by atoms with Crippen LogP contribution in [0.2, 0.25) is 0 Å². The molecule has 0 aromatic heterocycles. The van der Waals surface area contributed by atoms with Crippen molar-refractivity contribution in [3.8, 4) is 0 Å². The first-order chi connectivity index (χ1) is 10.1. The van der Waals surface area contributed by atoms with Crippen molar-refractivity contribution in [2.45, 2.75) is 45.4 Å². The first kappa shape index (κ1) is 15.3. The topological polar surface area (TPSA) is 49.6 Å². The molecule has 1 heterocycles. The highest BCUT2D eigenvalue weighted by Gasteiger charge is 2.42. The smallest absolute Gasteiger partial charge is 0.230 e. The Hall–Kier alpha value is -0.610. The number of carbonyl (C=O) groups is 1. The molecule has 2 saturated carbocycles. The third-order valence-corrected chi connectivity index (χ3v) is 5.95. The second-order valence-corrected chi connectivity index (χ2v) is 7.70. The van der Waals surface area contributed by atoms with Crippen LogP contribution in [0.4, 0.5) is 0 Å². The van der Waals surface area contributed by atoms with Crippen LogP contribution in [0.25, 0.3) is 0 Å². The second kappa shape index (κ2) is 6.25. The zero-order chi connectivity index (χ0) is 14.9. The molecule has 3 aliphatic rings. The van der Waals surface area contributed by atoms with Crippen LogP contribution in [0.3, 0.4) is 0 Å². The Morgan fingerprint density at radius 1 is 1.10 bits per heavy atom. The summed E-state index contributed by atoms with van der Waals surface area (Å²) in [7, 11) is 0. The number of amides is 1. The summed E-state index contributed by atoms with van der Waals surface area (Å²) < 4.78 is 0. The number of nitrogens with zero attached hydrogens (tertiary/aromatic N) is 2. The molecule has 3 fully saturated rings. The van der Waals surface area contributed by atoms with Gasteiger partial charge in [0.05, 0.1) is 5.41 Å². The Bertz CT molecular complexity index is 364. The van der Waals surface area contributed by atoms with Crippen molar-refractivity contribution in [3.63, 3.8) is 0 Å². The van der Waals surface area contributed by atoms with E-state index in [9.17, 15) is 4.79 Å². The maximum Gasteiger partial charge on any atom is 0.230 e. The monoisotopic (exact) mass is 293 g/mol. The Morgan fingerprint density at radius 3 is 2.24 bits per heavy atom. The van der Waals surface area contributed by atoms with Gasteiger partial charge in [0.1, 0.15) is 0 Å². The number of hydrogen-bond donors (Lipinski definition) is 1. The van der Waals surface area contributed by atoms with Crippen LogP contribution in [0.5, 0.6) is 0 Å². The lowest BCUT2D eigenvalue weighted by atomic mass is 9.70. The number of nitrogens with two attached hydrogens (primary N) is 1. The summed E-state index contributed by atoms with van der Waals surface area (Å²) in [4.78, 5) is 17.6. The summed E-state index contributed by atoms with van der Waals surface area (Å²) in [6, 6.07) is 0. The van der Waals surface area contributed by atoms with Crippen LogP contribution in [0.1, 0.15) is 45.4 Å². The quantitative estimate of drug-likeness (QED) is 0.858. The molecule has 0 aromatic rings. The van der Waals surface area contributed by atoms with Crippen LogP contribution < -0.4 is 5.73 Å². The molecule has 0 spiro atoms. The molecule has 0 atom stereocenters. The van der Waals surface area contributed by atoms with E-state index in [1.54, 1.807) is 0 Å². The van der Waals surface area contributed by atoms with Gasteiger partial charge in [0.15, 0.2) is 0 Å². The van der Waals surface area contributed by atoms with Gasteiger partial charge in [-0.05, 0) is 50.4 Å². The largest absolute Gasteiger partial charge is 0.340 e. The van der Waals surface area contributed by atoms with Gasteiger partial charge in [-0.25, -0.2) is 0 Å². The van der Waals surface area contributed by atoms with E-state index < -0.39 is 0 Å². The van der Waals surface area contributed by atoms with Gasteiger partial charge in [-0.2, -0.15) is 0 Å². The van der Waals surface area contributed by atoms with Gasteiger partial charge in [0.2, 0.25) is 5.91 Å². The van der Waals surface area contributed by atoms with Gasteiger partial charge in [0, 0.05) is 39.3 Å². The Morgan fingerprint density at radius 2 is 1.71 bits per heavy atom. The molecule has 4 heteroatoms. The highest BCUT2D eigenvalue weighted by atomic mass is 16.2. The van der Waals surface area contributed by atoms with E-state index >= 15 is 0 Å². The minimum atomic E-state index is -0.245. The Balaban J connectivity index is 1.54. The van der Waals surface area contributed by atoms with Crippen LogP contribution in [-0.4, -0.2) is 55.0 Å². The molecule has 1 saturated heterocycles. The molecule has 1 amide bonds. The zero-order valence-electron chi connectivity index (χ0n) is 13.5. The fraction of sp³-hybridized carbons (Fsp3) is 0.941. The van der Waals surface area contributed by atoms with Crippen LogP contribution in [0, 0.1) is 17.3 Å². The fourth-order valence-electron chi connectivity index (χ4n) is 3.95. The number of rotatable bonds is 4. The molecular formula is C17H31N3O. The summed E-state index contributed by atoms with van der Waals surface area (Å²) in [5, 5.41) is 0. The van der Waals surface area contributed by atoms with Gasteiger partial charge in [-0.3, -0.25) is 9.69 Å². The van der Waals surface area contributed by atoms with E-state index in [0.29, 0.717) is 12.5 Å². The van der Waals surface area contributed by atoms with Crippen LogP contribution in [0.15, 0.2) is 0 Å².